The first-order valence-electron chi connectivity index (χ1n) is 11.3. The Hall–Kier alpha value is -2.36. The summed E-state index contributed by atoms with van der Waals surface area (Å²) < 4.78 is 54.1. The molecule has 6 nitrogen and oxygen atoms in total. The van der Waals surface area contributed by atoms with E-state index >= 15 is 0 Å². The summed E-state index contributed by atoms with van der Waals surface area (Å²) in [6, 6.07) is 13.0. The number of likely N-dealkylation sites (tertiary alicyclic amines) is 1. The minimum Gasteiger partial charge on any atom is -0.352 e. The van der Waals surface area contributed by atoms with Gasteiger partial charge in [-0.3, -0.25) is 9.69 Å². The third-order valence-corrected chi connectivity index (χ3v) is 8.65. The molecule has 2 aliphatic heterocycles. The van der Waals surface area contributed by atoms with Gasteiger partial charge >= 0.3 is 0 Å². The van der Waals surface area contributed by atoms with E-state index < -0.39 is 26.6 Å². The highest BCUT2D eigenvalue weighted by Crippen LogP contribution is 2.27. The third-order valence-electron chi connectivity index (χ3n) is 6.73. The Labute approximate surface area is 193 Å². The van der Waals surface area contributed by atoms with E-state index in [9.17, 15) is 22.0 Å². The number of sulfonamides is 1. The van der Waals surface area contributed by atoms with Crippen molar-refractivity contribution in [2.24, 2.45) is 5.92 Å². The minimum absolute atomic E-state index is 0.0619. The molecule has 2 aromatic carbocycles. The smallest absolute Gasteiger partial charge is 0.246 e. The van der Waals surface area contributed by atoms with Gasteiger partial charge in [0.15, 0.2) is 0 Å². The summed E-state index contributed by atoms with van der Waals surface area (Å²) in [4.78, 5) is 14.5. The highest BCUT2D eigenvalue weighted by Gasteiger charge is 2.35. The van der Waals surface area contributed by atoms with Gasteiger partial charge in [0.1, 0.15) is 16.5 Å². The van der Waals surface area contributed by atoms with Gasteiger partial charge in [-0.1, -0.05) is 30.3 Å². The molecule has 4 rings (SSSR count). The van der Waals surface area contributed by atoms with Crippen LogP contribution in [-0.4, -0.2) is 55.8 Å². The first kappa shape index (κ1) is 23.8. The lowest BCUT2D eigenvalue weighted by Gasteiger charge is -2.31. The van der Waals surface area contributed by atoms with Gasteiger partial charge < -0.3 is 5.32 Å². The fraction of sp³-hybridized carbons (Fsp3) is 0.458. The van der Waals surface area contributed by atoms with Crippen molar-refractivity contribution in [3.05, 3.63) is 65.7 Å². The average Bonchev–Trinajstić information content (AvgIpc) is 3.29. The van der Waals surface area contributed by atoms with Crippen molar-refractivity contribution in [3.63, 3.8) is 0 Å². The maximum Gasteiger partial charge on any atom is 0.246 e. The largest absolute Gasteiger partial charge is 0.352 e. The normalized spacial score (nSPS) is 21.7. The fourth-order valence-corrected chi connectivity index (χ4v) is 6.24. The molecule has 33 heavy (non-hydrogen) atoms. The Morgan fingerprint density at radius 3 is 2.42 bits per heavy atom. The molecule has 2 heterocycles. The van der Waals surface area contributed by atoms with E-state index in [0.29, 0.717) is 18.9 Å². The van der Waals surface area contributed by atoms with E-state index in [0.717, 1.165) is 35.9 Å². The summed E-state index contributed by atoms with van der Waals surface area (Å²) in [6.07, 6.45) is 1.56. The van der Waals surface area contributed by atoms with Crippen molar-refractivity contribution >= 4 is 15.9 Å². The molecule has 178 valence electrons. The second kappa shape index (κ2) is 9.87. The molecular weight excluding hydrogens is 448 g/mol. The third kappa shape index (κ3) is 5.26. The van der Waals surface area contributed by atoms with E-state index in [4.69, 9.17) is 0 Å². The lowest BCUT2D eigenvalue weighted by molar-refractivity contribution is -0.126. The summed E-state index contributed by atoms with van der Waals surface area (Å²) in [5, 5.41) is 3.13. The molecule has 0 radical (unpaired) electrons. The molecule has 2 saturated heterocycles. The van der Waals surface area contributed by atoms with Crippen LogP contribution in [0.4, 0.5) is 8.78 Å². The number of benzene rings is 2. The highest BCUT2D eigenvalue weighted by molar-refractivity contribution is 7.89. The number of piperidine rings is 1. The molecule has 0 aliphatic carbocycles. The number of carbonyl (C=O) groups is 1. The van der Waals surface area contributed by atoms with E-state index in [2.05, 4.69) is 29.3 Å². The number of hydrogen-bond acceptors (Lipinski definition) is 4. The zero-order chi connectivity index (χ0) is 23.6. The van der Waals surface area contributed by atoms with Gasteiger partial charge in [-0.2, -0.15) is 4.31 Å². The summed E-state index contributed by atoms with van der Waals surface area (Å²) in [7, 11) is -4.15. The van der Waals surface area contributed by atoms with Gasteiger partial charge in [-0.15, -0.1) is 0 Å². The first-order valence-corrected chi connectivity index (χ1v) is 12.7. The van der Waals surface area contributed by atoms with Gasteiger partial charge in [0.25, 0.3) is 0 Å². The molecule has 2 fully saturated rings. The molecule has 9 heteroatoms. The van der Waals surface area contributed by atoms with Crippen LogP contribution in [0.1, 0.15) is 37.8 Å². The number of rotatable bonds is 6. The average molecular weight is 478 g/mol. The molecule has 2 unspecified atom stereocenters. The van der Waals surface area contributed by atoms with Crippen molar-refractivity contribution in [1.82, 2.24) is 14.5 Å². The summed E-state index contributed by atoms with van der Waals surface area (Å²) >= 11 is 0. The summed E-state index contributed by atoms with van der Waals surface area (Å²) in [5.74, 6) is -2.15. The Morgan fingerprint density at radius 2 is 1.73 bits per heavy atom. The zero-order valence-electron chi connectivity index (χ0n) is 18.6. The van der Waals surface area contributed by atoms with Crippen LogP contribution in [0, 0.1) is 17.6 Å². The van der Waals surface area contributed by atoms with Crippen molar-refractivity contribution in [2.45, 2.75) is 43.2 Å². The van der Waals surface area contributed by atoms with Gasteiger partial charge in [0, 0.05) is 44.2 Å². The first-order chi connectivity index (χ1) is 15.8. The van der Waals surface area contributed by atoms with Crippen molar-refractivity contribution < 1.29 is 22.0 Å². The van der Waals surface area contributed by atoms with E-state index in [1.165, 1.54) is 5.56 Å². The number of hydrogen-bond donors (Lipinski definition) is 1. The standard InChI is InChI=1S/C24H29F2N3O3S/c1-17(18-5-3-2-4-6-18)28-12-11-21(16-28)27-24(30)19-9-13-29(14-10-19)33(31,32)23-15-20(25)7-8-22(23)26/h2-8,15,17,19,21H,9-14,16H2,1H3,(H,27,30). The van der Waals surface area contributed by atoms with E-state index in [1.807, 2.05) is 18.2 Å². The van der Waals surface area contributed by atoms with Crippen molar-refractivity contribution in [3.8, 4) is 0 Å². The maximum absolute atomic E-state index is 14.0. The molecule has 0 aromatic heterocycles. The second-order valence-electron chi connectivity index (χ2n) is 8.83. The predicted octanol–water partition coefficient (Wildman–Crippen LogP) is 3.32. The number of nitrogens with zero attached hydrogens (tertiary/aromatic N) is 2. The number of halogens is 2. The van der Waals surface area contributed by atoms with Crippen molar-refractivity contribution in [1.29, 1.82) is 0 Å². The molecular formula is C24H29F2N3O3S. The molecule has 1 amide bonds. The maximum atomic E-state index is 14.0. The SMILES string of the molecule is CC(c1ccccc1)N1CCC(NC(=O)C2CCN(S(=O)(=O)c3cc(F)ccc3F)CC2)C1. The van der Waals surface area contributed by atoms with E-state index in [1.54, 1.807) is 0 Å². The molecule has 2 atom stereocenters. The summed E-state index contributed by atoms with van der Waals surface area (Å²) in [6.45, 7) is 4.03. The molecule has 0 bridgehead atoms. The number of nitrogens with one attached hydrogen (secondary N) is 1. The lowest BCUT2D eigenvalue weighted by atomic mass is 9.97. The minimum atomic E-state index is -4.15. The number of carbonyl (C=O) groups excluding carboxylic acids is 1. The van der Waals surface area contributed by atoms with Crippen molar-refractivity contribution in [2.75, 3.05) is 26.2 Å². The predicted molar refractivity (Wildman–Crippen MR) is 121 cm³/mol. The Balaban J connectivity index is 1.30. The Bertz CT molecular complexity index is 1090. The second-order valence-corrected chi connectivity index (χ2v) is 10.7. The Morgan fingerprint density at radius 1 is 1.03 bits per heavy atom. The van der Waals surface area contributed by atoms with Crippen LogP contribution in [0.2, 0.25) is 0 Å². The lowest BCUT2D eigenvalue weighted by Crippen LogP contribution is -2.46. The molecule has 2 aliphatic rings. The van der Waals surface area contributed by atoms with Crippen LogP contribution in [0.25, 0.3) is 0 Å². The fourth-order valence-electron chi connectivity index (χ4n) is 4.69. The Kier molecular flexibility index (Phi) is 7.11. The zero-order valence-corrected chi connectivity index (χ0v) is 19.4. The molecule has 1 N–H and O–H groups in total. The topological polar surface area (TPSA) is 69.7 Å². The van der Waals surface area contributed by atoms with Gasteiger partial charge in [-0.05, 0) is 49.9 Å². The summed E-state index contributed by atoms with van der Waals surface area (Å²) in [5.41, 5.74) is 1.24. The molecule has 0 spiro atoms. The molecule has 0 saturated carbocycles. The van der Waals surface area contributed by atoms with Gasteiger partial charge in [0.2, 0.25) is 15.9 Å². The van der Waals surface area contributed by atoms with Gasteiger partial charge in [0.05, 0.1) is 0 Å². The quantitative estimate of drug-likeness (QED) is 0.693. The van der Waals surface area contributed by atoms with Crippen LogP contribution in [-0.2, 0) is 14.8 Å². The van der Waals surface area contributed by atoms with Crippen LogP contribution in [0.5, 0.6) is 0 Å². The number of amides is 1. The molecule has 2 aromatic rings. The van der Waals surface area contributed by atoms with Crippen LogP contribution < -0.4 is 5.32 Å². The van der Waals surface area contributed by atoms with Crippen LogP contribution in [0.3, 0.4) is 0 Å². The monoisotopic (exact) mass is 477 g/mol. The van der Waals surface area contributed by atoms with Gasteiger partial charge in [-0.25, -0.2) is 17.2 Å². The van der Waals surface area contributed by atoms with Crippen LogP contribution >= 0.6 is 0 Å². The highest BCUT2D eigenvalue weighted by atomic mass is 32.2. The van der Waals surface area contributed by atoms with E-state index in [-0.39, 0.29) is 37.0 Å². The van der Waals surface area contributed by atoms with Crippen LogP contribution in [0.15, 0.2) is 53.4 Å².